The highest BCUT2D eigenvalue weighted by atomic mass is 35.5. The van der Waals surface area contributed by atoms with Crippen LogP contribution in [0.2, 0.25) is 5.15 Å². The third kappa shape index (κ3) is 2.94. The van der Waals surface area contributed by atoms with Crippen LogP contribution in [0.1, 0.15) is 20.9 Å². The SMILES string of the molecule is Cn1nc(C(F)(F)F)c(C=CC(=O)c2cccs2)c1Cl. The average molecular weight is 321 g/mol. The van der Waals surface area contributed by atoms with Gasteiger partial charge in [-0.25, -0.2) is 0 Å². The van der Waals surface area contributed by atoms with Crippen LogP contribution in [0, 0.1) is 0 Å². The minimum atomic E-state index is -4.63. The molecule has 0 aliphatic rings. The molecule has 106 valence electrons. The normalized spacial score (nSPS) is 12.2. The van der Waals surface area contributed by atoms with E-state index >= 15 is 0 Å². The van der Waals surface area contributed by atoms with Gasteiger partial charge in [-0.05, 0) is 23.6 Å². The van der Waals surface area contributed by atoms with Crippen molar-refractivity contribution in [1.82, 2.24) is 9.78 Å². The summed E-state index contributed by atoms with van der Waals surface area (Å²) in [5.41, 5.74) is -1.42. The lowest BCUT2D eigenvalue weighted by molar-refractivity contribution is -0.141. The lowest BCUT2D eigenvalue weighted by Crippen LogP contribution is -2.08. The Hall–Kier alpha value is -1.60. The van der Waals surface area contributed by atoms with Crippen LogP contribution in [-0.4, -0.2) is 15.6 Å². The van der Waals surface area contributed by atoms with Gasteiger partial charge < -0.3 is 0 Å². The predicted octanol–water partition coefficient (Wildman–Crippen LogP) is 4.05. The Kier molecular flexibility index (Phi) is 4.01. The number of carbonyl (C=O) groups excluding carboxylic acids is 1. The van der Waals surface area contributed by atoms with Gasteiger partial charge in [-0.15, -0.1) is 11.3 Å². The first-order chi connectivity index (χ1) is 9.30. The third-order valence-corrected chi connectivity index (χ3v) is 3.78. The Morgan fingerprint density at radius 3 is 2.75 bits per heavy atom. The number of rotatable bonds is 3. The first kappa shape index (κ1) is 14.8. The molecule has 2 heterocycles. The number of hydrogen-bond donors (Lipinski definition) is 0. The average Bonchev–Trinajstić information content (AvgIpc) is 2.97. The highest BCUT2D eigenvalue weighted by Gasteiger charge is 2.37. The van der Waals surface area contributed by atoms with E-state index in [4.69, 9.17) is 11.6 Å². The molecule has 0 radical (unpaired) electrons. The molecule has 0 spiro atoms. The molecule has 0 amide bonds. The lowest BCUT2D eigenvalue weighted by atomic mass is 10.2. The van der Waals surface area contributed by atoms with E-state index in [0.717, 1.165) is 16.8 Å². The van der Waals surface area contributed by atoms with E-state index in [1.165, 1.54) is 18.4 Å². The molecular formula is C12H8ClF3N2OS. The van der Waals surface area contributed by atoms with Crippen LogP contribution in [-0.2, 0) is 13.2 Å². The minimum Gasteiger partial charge on any atom is -0.288 e. The van der Waals surface area contributed by atoms with Crippen molar-refractivity contribution in [2.75, 3.05) is 0 Å². The number of alkyl halides is 3. The van der Waals surface area contributed by atoms with Gasteiger partial charge in [0.05, 0.1) is 4.88 Å². The van der Waals surface area contributed by atoms with E-state index < -0.39 is 11.9 Å². The van der Waals surface area contributed by atoms with Crippen LogP contribution in [0.4, 0.5) is 13.2 Å². The van der Waals surface area contributed by atoms with Crippen molar-refractivity contribution in [2.45, 2.75) is 6.18 Å². The number of aromatic nitrogens is 2. The molecule has 0 saturated heterocycles. The minimum absolute atomic E-state index is 0.174. The van der Waals surface area contributed by atoms with E-state index in [-0.39, 0.29) is 16.5 Å². The fourth-order valence-electron chi connectivity index (χ4n) is 1.54. The quantitative estimate of drug-likeness (QED) is 0.631. The molecule has 8 heteroatoms. The second-order valence-electron chi connectivity index (χ2n) is 3.85. The zero-order valence-corrected chi connectivity index (χ0v) is 11.7. The Balaban J connectivity index is 2.36. The third-order valence-electron chi connectivity index (χ3n) is 2.45. The van der Waals surface area contributed by atoms with Gasteiger partial charge in [0.2, 0.25) is 0 Å². The highest BCUT2D eigenvalue weighted by molar-refractivity contribution is 7.12. The molecule has 0 aromatic carbocycles. The summed E-state index contributed by atoms with van der Waals surface area (Å²) in [5, 5.41) is 4.86. The van der Waals surface area contributed by atoms with E-state index in [1.807, 2.05) is 0 Å². The summed E-state index contributed by atoms with van der Waals surface area (Å²) in [4.78, 5) is 12.2. The molecule has 0 aliphatic heterocycles. The van der Waals surface area contributed by atoms with Crippen molar-refractivity contribution in [3.63, 3.8) is 0 Å². The summed E-state index contributed by atoms with van der Waals surface area (Å²) >= 11 is 6.98. The van der Waals surface area contributed by atoms with Gasteiger partial charge >= 0.3 is 6.18 Å². The molecule has 0 fully saturated rings. The molecule has 2 rings (SSSR count). The molecular weight excluding hydrogens is 313 g/mol. The number of nitrogens with zero attached hydrogens (tertiary/aromatic N) is 2. The van der Waals surface area contributed by atoms with Crippen LogP contribution >= 0.6 is 22.9 Å². The van der Waals surface area contributed by atoms with Crippen LogP contribution < -0.4 is 0 Å². The van der Waals surface area contributed by atoms with E-state index in [0.29, 0.717) is 4.88 Å². The Labute approximate surface area is 121 Å². The smallest absolute Gasteiger partial charge is 0.288 e. The van der Waals surface area contributed by atoms with Crippen molar-refractivity contribution in [3.05, 3.63) is 44.9 Å². The van der Waals surface area contributed by atoms with Crippen molar-refractivity contribution < 1.29 is 18.0 Å². The van der Waals surface area contributed by atoms with Crippen molar-refractivity contribution in [1.29, 1.82) is 0 Å². The van der Waals surface area contributed by atoms with Crippen LogP contribution in [0.5, 0.6) is 0 Å². The molecule has 0 unspecified atom stereocenters. The van der Waals surface area contributed by atoms with Crippen molar-refractivity contribution >= 4 is 34.8 Å². The van der Waals surface area contributed by atoms with Gasteiger partial charge in [-0.3, -0.25) is 9.48 Å². The zero-order valence-electron chi connectivity index (χ0n) is 10.1. The monoisotopic (exact) mass is 320 g/mol. The van der Waals surface area contributed by atoms with E-state index in [9.17, 15) is 18.0 Å². The van der Waals surface area contributed by atoms with Crippen LogP contribution in [0.3, 0.4) is 0 Å². The summed E-state index contributed by atoms with van der Waals surface area (Å²) in [6, 6.07) is 3.27. The lowest BCUT2D eigenvalue weighted by Gasteiger charge is -2.02. The maximum atomic E-state index is 12.8. The van der Waals surface area contributed by atoms with Gasteiger partial charge in [-0.2, -0.15) is 18.3 Å². The number of carbonyl (C=O) groups is 1. The highest BCUT2D eigenvalue weighted by Crippen LogP contribution is 2.34. The molecule has 3 nitrogen and oxygen atoms in total. The first-order valence-electron chi connectivity index (χ1n) is 5.36. The van der Waals surface area contributed by atoms with Gasteiger partial charge in [0, 0.05) is 12.6 Å². The predicted molar refractivity (Wildman–Crippen MR) is 70.9 cm³/mol. The summed E-state index contributed by atoms with van der Waals surface area (Å²) in [6.07, 6.45) is -2.53. The van der Waals surface area contributed by atoms with Crippen LogP contribution in [0.25, 0.3) is 6.08 Å². The van der Waals surface area contributed by atoms with Gasteiger partial charge in [0.1, 0.15) is 5.15 Å². The molecule has 2 aromatic rings. The maximum Gasteiger partial charge on any atom is 0.435 e. The fraction of sp³-hybridized carbons (Fsp3) is 0.167. The van der Waals surface area contributed by atoms with Crippen molar-refractivity contribution in [3.8, 4) is 0 Å². The summed E-state index contributed by atoms with van der Waals surface area (Å²) < 4.78 is 39.3. The number of allylic oxidation sites excluding steroid dienone is 1. The molecule has 0 saturated carbocycles. The molecule has 0 aliphatic carbocycles. The topological polar surface area (TPSA) is 34.9 Å². The molecule has 0 atom stereocenters. The van der Waals surface area contributed by atoms with Gasteiger partial charge in [-0.1, -0.05) is 17.7 Å². The standard InChI is InChI=1S/C12H8ClF3N2OS/c1-18-11(13)7(10(17-18)12(14,15)16)4-5-8(19)9-3-2-6-20-9/h2-6H,1H3. The summed E-state index contributed by atoms with van der Waals surface area (Å²) in [7, 11) is 1.30. The number of aryl methyl sites for hydroxylation is 1. The van der Waals surface area contributed by atoms with Gasteiger partial charge in [0.25, 0.3) is 0 Å². The number of thiophene rings is 1. The molecule has 20 heavy (non-hydrogen) atoms. The second-order valence-corrected chi connectivity index (χ2v) is 5.16. The number of hydrogen-bond acceptors (Lipinski definition) is 3. The zero-order chi connectivity index (χ0) is 14.9. The summed E-state index contributed by atoms with van der Waals surface area (Å²) in [5.74, 6) is -0.381. The fourth-order valence-corrected chi connectivity index (χ4v) is 2.37. The van der Waals surface area contributed by atoms with E-state index in [1.54, 1.807) is 17.5 Å². The second kappa shape index (κ2) is 5.41. The molecule has 2 aromatic heterocycles. The molecule has 0 bridgehead atoms. The van der Waals surface area contributed by atoms with Crippen LogP contribution in [0.15, 0.2) is 23.6 Å². The Bertz CT molecular complexity index is 659. The van der Waals surface area contributed by atoms with Crippen molar-refractivity contribution in [2.24, 2.45) is 7.05 Å². The van der Waals surface area contributed by atoms with E-state index in [2.05, 4.69) is 5.10 Å². The Morgan fingerprint density at radius 1 is 1.50 bits per heavy atom. The maximum absolute atomic E-state index is 12.8. The molecule has 0 N–H and O–H groups in total. The summed E-state index contributed by atoms with van der Waals surface area (Å²) in [6.45, 7) is 0. The Morgan fingerprint density at radius 2 is 2.20 bits per heavy atom. The number of halogens is 4. The van der Waals surface area contributed by atoms with Gasteiger partial charge in [0.15, 0.2) is 11.5 Å². The largest absolute Gasteiger partial charge is 0.435 e. The first-order valence-corrected chi connectivity index (χ1v) is 6.62. The number of ketones is 1.